The van der Waals surface area contributed by atoms with E-state index in [0.29, 0.717) is 11.8 Å². The summed E-state index contributed by atoms with van der Waals surface area (Å²) in [5.41, 5.74) is 5.79. The van der Waals surface area contributed by atoms with Crippen LogP contribution in [0.15, 0.2) is 10.7 Å². The summed E-state index contributed by atoms with van der Waals surface area (Å²) in [6.07, 6.45) is 4.88. The molecule has 1 saturated carbocycles. The first kappa shape index (κ1) is 10.7. The molecule has 0 radical (unpaired) electrons. The van der Waals surface area contributed by atoms with Gasteiger partial charge in [-0.15, -0.1) is 0 Å². The van der Waals surface area contributed by atoms with Crippen molar-refractivity contribution in [2.24, 2.45) is 0 Å². The number of aromatic nitrogens is 2. The Morgan fingerprint density at radius 2 is 2.07 bits per heavy atom. The Hall–Kier alpha value is -0.840. The molecule has 4 nitrogen and oxygen atoms in total. The number of rotatable bonds is 2. The minimum Gasteiger partial charge on any atom is -0.383 e. The molecule has 1 aromatic heterocycles. The van der Waals surface area contributed by atoms with Crippen molar-refractivity contribution in [2.75, 3.05) is 11.1 Å². The number of nitrogens with zero attached hydrogens (tertiary/aromatic N) is 2. The average molecular weight is 271 g/mol. The van der Waals surface area contributed by atoms with Crippen LogP contribution in [0.4, 0.5) is 11.8 Å². The summed E-state index contributed by atoms with van der Waals surface area (Å²) in [5, 5.41) is 3.37. The standard InChI is InChI=1S/C10H15BrN4/c1-10(4-2-3-5-10)15-9-13-7(11)6-8(12)14-9/h6H,2-5H2,1H3,(H3,12,13,14,15). The maximum absolute atomic E-state index is 5.66. The van der Waals surface area contributed by atoms with Gasteiger partial charge in [-0.1, -0.05) is 12.8 Å². The van der Waals surface area contributed by atoms with Crippen molar-refractivity contribution in [3.8, 4) is 0 Å². The predicted octanol–water partition coefficient (Wildman–Crippen LogP) is 2.57. The molecule has 0 aromatic carbocycles. The zero-order valence-corrected chi connectivity index (χ0v) is 10.3. The number of nitrogens with one attached hydrogen (secondary N) is 1. The summed E-state index contributed by atoms with van der Waals surface area (Å²) >= 11 is 3.31. The van der Waals surface area contributed by atoms with Crippen molar-refractivity contribution in [1.82, 2.24) is 9.97 Å². The molecule has 1 fully saturated rings. The van der Waals surface area contributed by atoms with E-state index in [1.165, 1.54) is 25.7 Å². The molecule has 0 spiro atoms. The van der Waals surface area contributed by atoms with Gasteiger partial charge in [0.1, 0.15) is 10.4 Å². The van der Waals surface area contributed by atoms with E-state index in [2.05, 4.69) is 38.1 Å². The zero-order valence-electron chi connectivity index (χ0n) is 8.76. The molecule has 1 aromatic rings. The molecule has 82 valence electrons. The van der Waals surface area contributed by atoms with Gasteiger partial charge in [-0.25, -0.2) is 4.98 Å². The van der Waals surface area contributed by atoms with Crippen LogP contribution < -0.4 is 11.1 Å². The summed E-state index contributed by atoms with van der Waals surface area (Å²) in [5.74, 6) is 1.10. The summed E-state index contributed by atoms with van der Waals surface area (Å²) in [4.78, 5) is 8.43. The van der Waals surface area contributed by atoms with Gasteiger partial charge < -0.3 is 11.1 Å². The summed E-state index contributed by atoms with van der Waals surface area (Å²) in [6, 6.07) is 1.70. The van der Waals surface area contributed by atoms with E-state index in [1.54, 1.807) is 6.07 Å². The fourth-order valence-electron chi connectivity index (χ4n) is 2.04. The normalized spacial score (nSPS) is 19.1. The van der Waals surface area contributed by atoms with Gasteiger partial charge >= 0.3 is 0 Å². The summed E-state index contributed by atoms with van der Waals surface area (Å²) in [6.45, 7) is 2.21. The second-order valence-electron chi connectivity index (χ2n) is 4.33. The number of hydrogen-bond donors (Lipinski definition) is 2. The molecule has 0 bridgehead atoms. The molecule has 5 heteroatoms. The fourth-order valence-corrected chi connectivity index (χ4v) is 2.44. The largest absolute Gasteiger partial charge is 0.383 e. The maximum atomic E-state index is 5.66. The lowest BCUT2D eigenvalue weighted by Gasteiger charge is -2.25. The third-order valence-electron chi connectivity index (χ3n) is 2.84. The van der Waals surface area contributed by atoms with Crippen LogP contribution in [0.1, 0.15) is 32.6 Å². The lowest BCUT2D eigenvalue weighted by molar-refractivity contribution is 0.528. The monoisotopic (exact) mass is 270 g/mol. The summed E-state index contributed by atoms with van der Waals surface area (Å²) < 4.78 is 0.721. The van der Waals surface area contributed by atoms with Gasteiger partial charge in [0.05, 0.1) is 0 Å². The minimum atomic E-state index is 0.132. The van der Waals surface area contributed by atoms with E-state index in [9.17, 15) is 0 Å². The number of anilines is 2. The Morgan fingerprint density at radius 1 is 1.40 bits per heavy atom. The number of nitrogen functional groups attached to an aromatic ring is 1. The van der Waals surface area contributed by atoms with Crippen molar-refractivity contribution in [2.45, 2.75) is 38.1 Å². The Balaban J connectivity index is 2.16. The first-order chi connectivity index (χ1) is 7.07. The third kappa shape index (κ3) is 2.59. The molecule has 0 atom stereocenters. The Morgan fingerprint density at radius 3 is 2.67 bits per heavy atom. The van der Waals surface area contributed by atoms with E-state index in [4.69, 9.17) is 5.73 Å². The first-order valence-corrected chi connectivity index (χ1v) is 5.95. The van der Waals surface area contributed by atoms with Gasteiger partial charge in [0.25, 0.3) is 0 Å². The molecule has 0 amide bonds. The van der Waals surface area contributed by atoms with Gasteiger partial charge in [0, 0.05) is 11.6 Å². The van der Waals surface area contributed by atoms with E-state index in [0.717, 1.165) is 4.60 Å². The molecule has 1 aliphatic carbocycles. The molecule has 0 aliphatic heterocycles. The predicted molar refractivity (Wildman–Crippen MR) is 64.6 cm³/mol. The van der Waals surface area contributed by atoms with Crippen LogP contribution in [-0.4, -0.2) is 15.5 Å². The molecular weight excluding hydrogens is 256 g/mol. The smallest absolute Gasteiger partial charge is 0.226 e. The molecular formula is C10H15BrN4. The lowest BCUT2D eigenvalue weighted by Crippen LogP contribution is -2.31. The third-order valence-corrected chi connectivity index (χ3v) is 3.24. The molecule has 0 saturated heterocycles. The van der Waals surface area contributed by atoms with E-state index in [-0.39, 0.29) is 5.54 Å². The quantitative estimate of drug-likeness (QED) is 0.811. The highest BCUT2D eigenvalue weighted by atomic mass is 79.9. The average Bonchev–Trinajstić information content (AvgIpc) is 2.49. The van der Waals surface area contributed by atoms with Crippen LogP contribution in [0.2, 0.25) is 0 Å². The van der Waals surface area contributed by atoms with Gasteiger partial charge in [-0.05, 0) is 35.7 Å². The second kappa shape index (κ2) is 3.96. The van der Waals surface area contributed by atoms with Crippen LogP contribution >= 0.6 is 15.9 Å². The van der Waals surface area contributed by atoms with Crippen molar-refractivity contribution < 1.29 is 0 Å². The lowest BCUT2D eigenvalue weighted by atomic mass is 10.0. The number of hydrogen-bond acceptors (Lipinski definition) is 4. The van der Waals surface area contributed by atoms with E-state index < -0.39 is 0 Å². The topological polar surface area (TPSA) is 63.8 Å². The maximum Gasteiger partial charge on any atom is 0.226 e. The highest BCUT2D eigenvalue weighted by molar-refractivity contribution is 9.10. The zero-order chi connectivity index (χ0) is 10.9. The fraction of sp³-hybridized carbons (Fsp3) is 0.600. The number of nitrogens with two attached hydrogens (primary N) is 1. The van der Waals surface area contributed by atoms with Crippen molar-refractivity contribution >= 4 is 27.7 Å². The van der Waals surface area contributed by atoms with Gasteiger partial charge in [-0.3, -0.25) is 0 Å². The van der Waals surface area contributed by atoms with Crippen molar-refractivity contribution in [3.05, 3.63) is 10.7 Å². The highest BCUT2D eigenvalue weighted by Crippen LogP contribution is 2.31. The minimum absolute atomic E-state index is 0.132. The molecule has 3 N–H and O–H groups in total. The first-order valence-electron chi connectivity index (χ1n) is 5.16. The molecule has 0 unspecified atom stereocenters. The molecule has 1 aliphatic rings. The van der Waals surface area contributed by atoms with Crippen LogP contribution in [-0.2, 0) is 0 Å². The van der Waals surface area contributed by atoms with Crippen LogP contribution in [0.3, 0.4) is 0 Å². The van der Waals surface area contributed by atoms with Crippen molar-refractivity contribution in [1.29, 1.82) is 0 Å². The highest BCUT2D eigenvalue weighted by Gasteiger charge is 2.29. The second-order valence-corrected chi connectivity index (χ2v) is 5.14. The Labute approximate surface area is 97.8 Å². The van der Waals surface area contributed by atoms with Crippen molar-refractivity contribution in [3.63, 3.8) is 0 Å². The summed E-state index contributed by atoms with van der Waals surface area (Å²) in [7, 11) is 0. The number of halogens is 1. The molecule has 15 heavy (non-hydrogen) atoms. The van der Waals surface area contributed by atoms with Gasteiger partial charge in [0.15, 0.2) is 0 Å². The van der Waals surface area contributed by atoms with Gasteiger partial charge in [-0.2, -0.15) is 4.98 Å². The van der Waals surface area contributed by atoms with E-state index >= 15 is 0 Å². The van der Waals surface area contributed by atoms with Crippen LogP contribution in [0.5, 0.6) is 0 Å². The Kier molecular flexibility index (Phi) is 2.82. The SMILES string of the molecule is CC1(Nc2nc(N)cc(Br)n2)CCCC1. The van der Waals surface area contributed by atoms with Gasteiger partial charge in [0.2, 0.25) is 5.95 Å². The van der Waals surface area contributed by atoms with Crippen LogP contribution in [0.25, 0.3) is 0 Å². The molecule has 2 rings (SSSR count). The van der Waals surface area contributed by atoms with Crippen LogP contribution in [0, 0.1) is 0 Å². The Bertz CT molecular complexity index is 340. The molecule has 1 heterocycles. The van der Waals surface area contributed by atoms with E-state index in [1.807, 2.05) is 0 Å².